The number of esters is 1. The Morgan fingerprint density at radius 3 is 2.35 bits per heavy atom. The van der Waals surface area contributed by atoms with E-state index >= 15 is 0 Å². The summed E-state index contributed by atoms with van der Waals surface area (Å²) >= 11 is 0. The van der Waals surface area contributed by atoms with Crippen LogP contribution in [0.4, 0.5) is 0 Å². The van der Waals surface area contributed by atoms with Crippen LogP contribution in [-0.2, 0) is 9.53 Å². The fraction of sp³-hybridized carbons (Fsp3) is 0.455. The molecule has 1 N–H and O–H groups in total. The summed E-state index contributed by atoms with van der Waals surface area (Å²) in [6, 6.07) is 0. The Kier molecular flexibility index (Phi) is 7.02. The van der Waals surface area contributed by atoms with Crippen molar-refractivity contribution in [1.29, 1.82) is 0 Å². The van der Waals surface area contributed by atoms with Gasteiger partial charge in [0.25, 0.3) is 0 Å². The first-order valence-corrected chi connectivity index (χ1v) is 5.00. The smallest absolute Gasteiger partial charge is 0.360 e. The Hall–Kier alpha value is -2.16. The van der Waals surface area contributed by atoms with E-state index < -0.39 is 5.97 Å². The Labute approximate surface area is 99.7 Å². The predicted molar refractivity (Wildman–Crippen MR) is 61.2 cm³/mol. The molecular weight excluding hydrogens is 222 g/mol. The van der Waals surface area contributed by atoms with Crippen LogP contribution in [0, 0.1) is 18.8 Å². The number of ketones is 1. The predicted octanol–water partition coefficient (Wildman–Crippen LogP) is 0.889. The van der Waals surface area contributed by atoms with E-state index in [4.69, 9.17) is 4.74 Å². The largest absolute Gasteiger partial charge is 0.461 e. The lowest BCUT2D eigenvalue weighted by Crippen LogP contribution is -2.06. The van der Waals surface area contributed by atoms with Crippen LogP contribution in [-0.4, -0.2) is 33.8 Å². The second kappa shape index (κ2) is 8.05. The van der Waals surface area contributed by atoms with Gasteiger partial charge in [-0.2, -0.15) is 10.3 Å². The van der Waals surface area contributed by atoms with Gasteiger partial charge in [0, 0.05) is 6.92 Å². The summed E-state index contributed by atoms with van der Waals surface area (Å²) in [6.07, 6.45) is 0. The molecule has 0 fully saturated rings. The van der Waals surface area contributed by atoms with Crippen molar-refractivity contribution in [2.45, 2.75) is 27.7 Å². The highest BCUT2D eigenvalue weighted by Gasteiger charge is 2.13. The minimum Gasteiger partial charge on any atom is -0.461 e. The van der Waals surface area contributed by atoms with Crippen molar-refractivity contribution in [3.05, 3.63) is 11.4 Å². The number of H-pyrrole nitrogens is 1. The first-order valence-electron chi connectivity index (χ1n) is 5.00. The third-order valence-electron chi connectivity index (χ3n) is 1.49. The van der Waals surface area contributed by atoms with E-state index in [9.17, 15) is 9.59 Å². The molecule has 92 valence electrons. The first kappa shape index (κ1) is 14.8. The van der Waals surface area contributed by atoms with Crippen molar-refractivity contribution >= 4 is 11.8 Å². The fourth-order valence-corrected chi connectivity index (χ4v) is 0.853. The summed E-state index contributed by atoms with van der Waals surface area (Å²) in [7, 11) is 0. The maximum Gasteiger partial charge on any atom is 0.360 e. The molecule has 1 aromatic heterocycles. The van der Waals surface area contributed by atoms with Crippen LogP contribution in [0.3, 0.4) is 0 Å². The Balaban J connectivity index is 0.000000366. The summed E-state index contributed by atoms with van der Waals surface area (Å²) in [5, 5.41) is 9.64. The maximum absolute atomic E-state index is 11.0. The van der Waals surface area contributed by atoms with Gasteiger partial charge in [-0.15, -0.1) is 5.10 Å². The van der Waals surface area contributed by atoms with Crippen LogP contribution in [0.5, 0.6) is 0 Å². The van der Waals surface area contributed by atoms with Crippen LogP contribution >= 0.6 is 0 Å². The molecule has 0 unspecified atom stereocenters. The number of hydrogen-bond acceptors (Lipinski definition) is 5. The summed E-state index contributed by atoms with van der Waals surface area (Å²) in [6.45, 7) is 6.87. The summed E-state index contributed by atoms with van der Waals surface area (Å²) < 4.78 is 4.71. The van der Waals surface area contributed by atoms with Gasteiger partial charge < -0.3 is 4.74 Å². The number of ether oxygens (including phenoxy) is 1. The molecule has 6 heteroatoms. The molecule has 1 heterocycles. The number of aromatic amines is 1. The molecule has 0 saturated carbocycles. The first-order chi connectivity index (χ1) is 8.02. The van der Waals surface area contributed by atoms with E-state index in [0.29, 0.717) is 12.3 Å². The van der Waals surface area contributed by atoms with Gasteiger partial charge in [-0.1, -0.05) is 5.92 Å². The molecular formula is C11H15N3O3. The van der Waals surface area contributed by atoms with E-state index in [-0.39, 0.29) is 11.5 Å². The Morgan fingerprint density at radius 2 is 2.06 bits per heavy atom. The van der Waals surface area contributed by atoms with Crippen LogP contribution in [0.1, 0.15) is 37.0 Å². The number of hydrogen-bond donors (Lipinski definition) is 1. The number of Topliss-reactive ketones (excluding diaryl/α,β-unsaturated/α-hetero) is 1. The number of nitrogens with one attached hydrogen (secondary N) is 1. The third-order valence-corrected chi connectivity index (χ3v) is 1.49. The molecule has 0 aliphatic heterocycles. The standard InChI is InChI=1S/C6H9N3O2.C5H6O/c1-3-11-6(10)5-4(2)7-9-8-5;1-3-4-5(2)6/h3H2,1-2H3,(H,7,8,9);1-2H3. The van der Waals surface area contributed by atoms with Crippen LogP contribution < -0.4 is 0 Å². The highest BCUT2D eigenvalue weighted by atomic mass is 16.5. The fourth-order valence-electron chi connectivity index (χ4n) is 0.853. The van der Waals surface area contributed by atoms with Gasteiger partial charge in [0.05, 0.1) is 12.3 Å². The molecule has 0 aliphatic rings. The second-order valence-corrected chi connectivity index (χ2v) is 2.91. The zero-order chi connectivity index (χ0) is 13.3. The van der Waals surface area contributed by atoms with Gasteiger partial charge in [-0.05, 0) is 26.7 Å². The Bertz CT molecular complexity index is 440. The molecule has 0 atom stereocenters. The summed E-state index contributed by atoms with van der Waals surface area (Å²) in [5.74, 6) is 4.28. The Morgan fingerprint density at radius 1 is 1.41 bits per heavy atom. The highest BCUT2D eigenvalue weighted by Crippen LogP contribution is 1.99. The zero-order valence-electron chi connectivity index (χ0n) is 10.3. The van der Waals surface area contributed by atoms with E-state index in [1.54, 1.807) is 20.8 Å². The van der Waals surface area contributed by atoms with Gasteiger partial charge in [0.15, 0.2) is 5.69 Å². The van der Waals surface area contributed by atoms with E-state index in [0.717, 1.165) is 0 Å². The molecule has 1 aromatic rings. The molecule has 17 heavy (non-hydrogen) atoms. The molecule has 0 aliphatic carbocycles. The lowest BCUT2D eigenvalue weighted by Gasteiger charge is -1.96. The normalized spacial score (nSPS) is 8.24. The number of aryl methyl sites for hydroxylation is 1. The maximum atomic E-state index is 11.0. The minimum absolute atomic E-state index is 0.0718. The number of carbonyl (C=O) groups is 2. The molecule has 6 nitrogen and oxygen atoms in total. The van der Waals surface area contributed by atoms with Crippen LogP contribution in [0.25, 0.3) is 0 Å². The molecule has 0 amide bonds. The van der Waals surface area contributed by atoms with Gasteiger partial charge >= 0.3 is 5.97 Å². The van der Waals surface area contributed by atoms with Crippen LogP contribution in [0.2, 0.25) is 0 Å². The topological polar surface area (TPSA) is 84.9 Å². The van der Waals surface area contributed by atoms with Crippen molar-refractivity contribution in [1.82, 2.24) is 15.4 Å². The molecule has 1 rings (SSSR count). The lowest BCUT2D eigenvalue weighted by molar-refractivity contribution is -0.111. The monoisotopic (exact) mass is 237 g/mol. The number of carbonyl (C=O) groups excluding carboxylic acids is 2. The van der Waals surface area contributed by atoms with E-state index in [1.165, 1.54) is 6.92 Å². The van der Waals surface area contributed by atoms with Crippen molar-refractivity contribution in [3.63, 3.8) is 0 Å². The van der Waals surface area contributed by atoms with E-state index in [1.807, 2.05) is 0 Å². The van der Waals surface area contributed by atoms with Crippen molar-refractivity contribution in [3.8, 4) is 11.8 Å². The summed E-state index contributed by atoms with van der Waals surface area (Å²) in [4.78, 5) is 20.9. The number of rotatable bonds is 2. The second-order valence-electron chi connectivity index (χ2n) is 2.91. The molecule has 0 spiro atoms. The van der Waals surface area contributed by atoms with Crippen LogP contribution in [0.15, 0.2) is 0 Å². The highest BCUT2D eigenvalue weighted by molar-refractivity contribution is 5.93. The minimum atomic E-state index is -0.432. The molecule has 0 saturated heterocycles. The molecule has 0 radical (unpaired) electrons. The lowest BCUT2D eigenvalue weighted by atomic mass is 10.3. The van der Waals surface area contributed by atoms with Crippen molar-refractivity contribution in [2.75, 3.05) is 6.61 Å². The molecule has 0 aromatic carbocycles. The SMILES string of the molecule is CC#CC(C)=O.CCOC(=O)c1n[nH]nc1C. The zero-order valence-corrected chi connectivity index (χ0v) is 10.3. The third kappa shape index (κ3) is 6.10. The van der Waals surface area contributed by atoms with Gasteiger partial charge in [-0.3, -0.25) is 4.79 Å². The van der Waals surface area contributed by atoms with Crippen molar-refractivity contribution in [2.24, 2.45) is 0 Å². The average molecular weight is 237 g/mol. The average Bonchev–Trinajstić information content (AvgIpc) is 2.65. The van der Waals surface area contributed by atoms with E-state index in [2.05, 4.69) is 27.3 Å². The molecule has 0 bridgehead atoms. The quantitative estimate of drug-likeness (QED) is 0.469. The summed E-state index contributed by atoms with van der Waals surface area (Å²) in [5.41, 5.74) is 0.815. The van der Waals surface area contributed by atoms with Gasteiger partial charge in [0.1, 0.15) is 0 Å². The van der Waals surface area contributed by atoms with Crippen molar-refractivity contribution < 1.29 is 14.3 Å². The van der Waals surface area contributed by atoms with Gasteiger partial charge in [-0.25, -0.2) is 4.79 Å². The number of aromatic nitrogens is 3. The number of nitrogens with zero attached hydrogens (tertiary/aromatic N) is 2. The van der Waals surface area contributed by atoms with Gasteiger partial charge in [0.2, 0.25) is 5.78 Å².